The van der Waals surface area contributed by atoms with Crippen molar-refractivity contribution in [1.29, 1.82) is 0 Å². The minimum absolute atomic E-state index is 0.0106. The van der Waals surface area contributed by atoms with Crippen LogP contribution in [0, 0.1) is 0 Å². The third-order valence-corrected chi connectivity index (χ3v) is 11.1. The number of likely N-dealkylation sites (N-methyl/N-ethyl adjacent to an activating group) is 1. The van der Waals surface area contributed by atoms with Gasteiger partial charge >= 0.3 is 19.8 Å². The van der Waals surface area contributed by atoms with E-state index in [1.165, 1.54) is 154 Å². The molecule has 0 amide bonds. The maximum atomic E-state index is 12.7. The fraction of sp³-hybridized carbons (Fsp3) is 0.911. The minimum Gasteiger partial charge on any atom is -0.462 e. The average Bonchev–Trinajstić information content (AvgIpc) is 3.15. The molecule has 0 saturated heterocycles. The summed E-state index contributed by atoms with van der Waals surface area (Å²) in [6, 6.07) is 0. The fourth-order valence-corrected chi connectivity index (χ4v) is 7.25. The summed E-state index contributed by atoms with van der Waals surface area (Å²) in [6.45, 7) is 4.34. The van der Waals surface area contributed by atoms with Crippen molar-refractivity contribution < 1.29 is 37.6 Å². The summed E-state index contributed by atoms with van der Waals surface area (Å²) in [6.07, 6.45) is 41.2. The fourth-order valence-electron chi connectivity index (χ4n) is 6.51. The number of carbonyl (C=O) groups excluding carboxylic acids is 2. The number of rotatable bonds is 43. The molecular weight excluding hydrogens is 713 g/mol. The second-order valence-electron chi connectivity index (χ2n) is 15.9. The molecule has 2 atom stereocenters. The van der Waals surface area contributed by atoms with Crippen molar-refractivity contribution in [3.05, 3.63) is 12.2 Å². The first kappa shape index (κ1) is 53.8. The third-order valence-electron chi connectivity index (χ3n) is 10.1. The Kier molecular flexibility index (Phi) is 40.0. The average molecular weight is 802 g/mol. The zero-order chi connectivity index (χ0) is 40.5. The van der Waals surface area contributed by atoms with E-state index in [1.807, 2.05) is 19.0 Å². The van der Waals surface area contributed by atoms with Crippen LogP contribution in [0.1, 0.15) is 219 Å². The Balaban J connectivity index is 4.16. The highest BCUT2D eigenvalue weighted by Gasteiger charge is 2.26. The smallest absolute Gasteiger partial charge is 0.462 e. The first-order chi connectivity index (χ1) is 26.7. The lowest BCUT2D eigenvalue weighted by Crippen LogP contribution is -2.29. The summed E-state index contributed by atoms with van der Waals surface area (Å²) in [7, 11) is -0.701. The van der Waals surface area contributed by atoms with Gasteiger partial charge in [0, 0.05) is 19.4 Å². The van der Waals surface area contributed by atoms with E-state index in [2.05, 4.69) is 26.0 Å². The van der Waals surface area contributed by atoms with Gasteiger partial charge in [-0.15, -0.1) is 0 Å². The van der Waals surface area contributed by atoms with Crippen LogP contribution < -0.4 is 0 Å². The van der Waals surface area contributed by atoms with Gasteiger partial charge in [-0.3, -0.25) is 18.6 Å². The van der Waals surface area contributed by atoms with E-state index in [4.69, 9.17) is 18.5 Å². The van der Waals surface area contributed by atoms with Crippen molar-refractivity contribution in [2.45, 2.75) is 225 Å². The standard InChI is InChI=1S/C45H88NO8P/c1-5-7-9-11-13-15-17-18-19-20-21-22-23-24-25-26-28-30-32-34-36-38-45(48)54-43(42-53-55(49,50)52-40-39-46(3)4)41-51-44(47)37-35-33-31-29-27-16-14-12-10-8-6-2/h18-19,43H,5-17,20-42H2,1-4H3,(H,49,50)/b19-18-. The summed E-state index contributed by atoms with van der Waals surface area (Å²) in [5.41, 5.74) is 0. The number of nitrogens with zero attached hydrogens (tertiary/aromatic N) is 1. The molecule has 0 heterocycles. The molecule has 0 rings (SSSR count). The highest BCUT2D eigenvalue weighted by atomic mass is 31.2. The van der Waals surface area contributed by atoms with Crippen LogP contribution in [-0.2, 0) is 32.7 Å². The molecule has 9 nitrogen and oxygen atoms in total. The summed E-state index contributed by atoms with van der Waals surface area (Å²) >= 11 is 0. The number of carbonyl (C=O) groups is 2. The maximum Gasteiger partial charge on any atom is 0.472 e. The van der Waals surface area contributed by atoms with Crippen LogP contribution in [0.3, 0.4) is 0 Å². The number of allylic oxidation sites excluding steroid dienone is 2. The molecule has 0 radical (unpaired) electrons. The van der Waals surface area contributed by atoms with Gasteiger partial charge in [-0.05, 0) is 52.6 Å². The highest BCUT2D eigenvalue weighted by Crippen LogP contribution is 2.43. The van der Waals surface area contributed by atoms with E-state index in [9.17, 15) is 19.0 Å². The van der Waals surface area contributed by atoms with Crippen LogP contribution in [-0.4, -0.2) is 68.3 Å². The zero-order valence-corrected chi connectivity index (χ0v) is 37.3. The Hall–Kier alpha value is -1.25. The molecule has 0 aliphatic carbocycles. The summed E-state index contributed by atoms with van der Waals surface area (Å²) in [5, 5.41) is 0. The van der Waals surface area contributed by atoms with E-state index >= 15 is 0 Å². The lowest BCUT2D eigenvalue weighted by Gasteiger charge is -2.20. The van der Waals surface area contributed by atoms with E-state index in [0.717, 1.165) is 32.1 Å². The molecular formula is C45H88NO8P. The molecule has 10 heteroatoms. The van der Waals surface area contributed by atoms with Crippen molar-refractivity contribution in [2.75, 3.05) is 40.5 Å². The molecule has 0 aromatic heterocycles. The van der Waals surface area contributed by atoms with Crippen LogP contribution in [0.2, 0.25) is 0 Å². The Morgan fingerprint density at radius 2 is 0.927 bits per heavy atom. The molecule has 1 N–H and O–H groups in total. The first-order valence-electron chi connectivity index (χ1n) is 23.0. The maximum absolute atomic E-state index is 12.7. The first-order valence-corrected chi connectivity index (χ1v) is 24.5. The normalized spacial score (nSPS) is 13.4. The van der Waals surface area contributed by atoms with Crippen LogP contribution >= 0.6 is 7.82 Å². The number of esters is 2. The molecule has 0 aliphatic rings. The minimum atomic E-state index is -4.35. The van der Waals surface area contributed by atoms with Crippen LogP contribution in [0.15, 0.2) is 12.2 Å². The number of hydrogen-bond donors (Lipinski definition) is 1. The van der Waals surface area contributed by atoms with E-state index < -0.39 is 26.5 Å². The molecule has 0 aromatic carbocycles. The summed E-state index contributed by atoms with van der Waals surface area (Å²) in [4.78, 5) is 37.0. The molecule has 0 fully saturated rings. The van der Waals surface area contributed by atoms with Crippen LogP contribution in [0.25, 0.3) is 0 Å². The Morgan fingerprint density at radius 1 is 0.545 bits per heavy atom. The molecule has 0 aromatic rings. The molecule has 0 bridgehead atoms. The van der Waals surface area contributed by atoms with Gasteiger partial charge in [0.1, 0.15) is 6.61 Å². The predicted octanol–water partition coefficient (Wildman–Crippen LogP) is 13.2. The quantitative estimate of drug-likeness (QED) is 0.0279. The van der Waals surface area contributed by atoms with Crippen molar-refractivity contribution in [3.8, 4) is 0 Å². The van der Waals surface area contributed by atoms with Gasteiger partial charge in [-0.2, -0.15) is 0 Å². The summed E-state index contributed by atoms with van der Waals surface area (Å²) < 4.78 is 33.5. The number of ether oxygens (including phenoxy) is 2. The lowest BCUT2D eigenvalue weighted by atomic mass is 10.0. The van der Waals surface area contributed by atoms with Gasteiger partial charge in [0.05, 0.1) is 13.2 Å². The van der Waals surface area contributed by atoms with Crippen molar-refractivity contribution >= 4 is 19.8 Å². The van der Waals surface area contributed by atoms with Crippen molar-refractivity contribution in [3.63, 3.8) is 0 Å². The monoisotopic (exact) mass is 802 g/mol. The third kappa shape index (κ3) is 42.2. The zero-order valence-electron chi connectivity index (χ0n) is 36.4. The molecule has 55 heavy (non-hydrogen) atoms. The van der Waals surface area contributed by atoms with Gasteiger partial charge in [-0.1, -0.05) is 180 Å². The van der Waals surface area contributed by atoms with E-state index in [1.54, 1.807) is 0 Å². The van der Waals surface area contributed by atoms with Gasteiger partial charge in [-0.25, -0.2) is 4.57 Å². The van der Waals surface area contributed by atoms with Crippen LogP contribution in [0.4, 0.5) is 0 Å². The summed E-state index contributed by atoms with van der Waals surface area (Å²) in [5.74, 6) is -0.794. The Morgan fingerprint density at radius 3 is 1.35 bits per heavy atom. The van der Waals surface area contributed by atoms with Crippen LogP contribution in [0.5, 0.6) is 0 Å². The van der Waals surface area contributed by atoms with E-state index in [0.29, 0.717) is 19.4 Å². The Bertz CT molecular complexity index is 931. The van der Waals surface area contributed by atoms with E-state index in [-0.39, 0.29) is 25.6 Å². The van der Waals surface area contributed by atoms with Gasteiger partial charge < -0.3 is 19.3 Å². The molecule has 326 valence electrons. The molecule has 0 saturated carbocycles. The predicted molar refractivity (Wildman–Crippen MR) is 229 cm³/mol. The highest BCUT2D eigenvalue weighted by molar-refractivity contribution is 7.47. The van der Waals surface area contributed by atoms with Gasteiger partial charge in [0.2, 0.25) is 0 Å². The second-order valence-corrected chi connectivity index (χ2v) is 17.4. The van der Waals surface area contributed by atoms with Gasteiger partial charge in [0.15, 0.2) is 6.10 Å². The molecule has 0 spiro atoms. The number of phosphoric ester groups is 1. The largest absolute Gasteiger partial charge is 0.472 e. The van der Waals surface area contributed by atoms with Crippen molar-refractivity contribution in [1.82, 2.24) is 4.90 Å². The number of hydrogen-bond acceptors (Lipinski definition) is 8. The second kappa shape index (κ2) is 40.9. The molecule has 0 aliphatic heterocycles. The molecule has 2 unspecified atom stereocenters. The SMILES string of the molecule is CCCCCCCC/C=C\CCCCCCCCCCCCCC(=O)OC(COC(=O)CCCCCCCCCCCCC)COP(=O)(O)OCCN(C)C. The topological polar surface area (TPSA) is 112 Å². The van der Waals surface area contributed by atoms with Gasteiger partial charge in [0.25, 0.3) is 0 Å². The Labute approximate surface area is 339 Å². The lowest BCUT2D eigenvalue weighted by molar-refractivity contribution is -0.161. The number of phosphoric acid groups is 1. The van der Waals surface area contributed by atoms with Crippen molar-refractivity contribution in [2.24, 2.45) is 0 Å². The number of unbranched alkanes of at least 4 members (excludes halogenated alkanes) is 27.